The Labute approximate surface area is 179 Å². The maximum Gasteiger partial charge on any atom is 0.153 e. The van der Waals surface area contributed by atoms with E-state index >= 15 is 0 Å². The second kappa shape index (κ2) is 9.11. The van der Waals surface area contributed by atoms with Gasteiger partial charge in [0.25, 0.3) is 0 Å². The Kier molecular flexibility index (Phi) is 5.91. The van der Waals surface area contributed by atoms with Crippen LogP contribution in [0.4, 0.5) is 0 Å². The minimum absolute atomic E-state index is 0.423. The molecule has 1 aromatic carbocycles. The van der Waals surface area contributed by atoms with Crippen molar-refractivity contribution >= 4 is 0 Å². The SMILES string of the molecule is c1ccc(CCN2CCC(N[C@H]3CCCc4c3cnn4-c3ccccn3)CC2)cc1. The molecule has 1 atom stereocenters. The molecule has 0 bridgehead atoms. The van der Waals surface area contributed by atoms with Gasteiger partial charge in [-0.25, -0.2) is 9.67 Å². The standard InChI is InChI=1S/C25H31N5/c1-2-7-20(8-3-1)12-16-29-17-13-21(14-18-29)28-23-9-6-10-24-22(23)19-27-30(24)25-11-4-5-15-26-25/h1-5,7-8,11,15,19,21,23,28H,6,9-10,12-14,16-18H2/t23-/m0/s1. The van der Waals surface area contributed by atoms with Crippen molar-refractivity contribution in [3.8, 4) is 5.82 Å². The van der Waals surface area contributed by atoms with Gasteiger partial charge >= 0.3 is 0 Å². The van der Waals surface area contributed by atoms with Crippen molar-refractivity contribution < 1.29 is 0 Å². The Morgan fingerprint density at radius 1 is 0.967 bits per heavy atom. The molecule has 2 aromatic heterocycles. The van der Waals surface area contributed by atoms with Gasteiger partial charge in [0.05, 0.1) is 11.9 Å². The molecule has 30 heavy (non-hydrogen) atoms. The van der Waals surface area contributed by atoms with Crippen LogP contribution in [0.3, 0.4) is 0 Å². The predicted molar refractivity (Wildman–Crippen MR) is 120 cm³/mol. The number of likely N-dealkylation sites (tertiary alicyclic amines) is 1. The van der Waals surface area contributed by atoms with Crippen LogP contribution < -0.4 is 5.32 Å². The van der Waals surface area contributed by atoms with Crippen LogP contribution in [-0.4, -0.2) is 45.3 Å². The summed E-state index contributed by atoms with van der Waals surface area (Å²) in [6.07, 6.45) is 11.0. The highest BCUT2D eigenvalue weighted by Crippen LogP contribution is 2.32. The zero-order chi connectivity index (χ0) is 20.2. The number of hydrogen-bond donors (Lipinski definition) is 1. The fourth-order valence-electron chi connectivity index (χ4n) is 4.95. The van der Waals surface area contributed by atoms with Crippen molar-refractivity contribution in [1.29, 1.82) is 0 Å². The summed E-state index contributed by atoms with van der Waals surface area (Å²) in [5, 5.41) is 8.66. The normalized spacial score (nSPS) is 20.2. The van der Waals surface area contributed by atoms with Gasteiger partial charge in [-0.1, -0.05) is 36.4 Å². The molecule has 1 fully saturated rings. The molecule has 1 aliphatic heterocycles. The highest BCUT2D eigenvalue weighted by Gasteiger charge is 2.28. The van der Waals surface area contributed by atoms with Gasteiger partial charge in [-0.3, -0.25) is 0 Å². The van der Waals surface area contributed by atoms with E-state index in [9.17, 15) is 0 Å². The fraction of sp³-hybridized carbons (Fsp3) is 0.440. The van der Waals surface area contributed by atoms with Crippen molar-refractivity contribution in [2.75, 3.05) is 19.6 Å². The van der Waals surface area contributed by atoms with Crippen molar-refractivity contribution in [2.24, 2.45) is 0 Å². The van der Waals surface area contributed by atoms with Crippen molar-refractivity contribution in [2.45, 2.75) is 50.6 Å². The van der Waals surface area contributed by atoms with E-state index in [1.54, 1.807) is 0 Å². The third-order valence-electron chi connectivity index (χ3n) is 6.63. The number of piperidine rings is 1. The van der Waals surface area contributed by atoms with Crippen LogP contribution in [0.5, 0.6) is 0 Å². The molecule has 5 heteroatoms. The zero-order valence-electron chi connectivity index (χ0n) is 17.6. The summed E-state index contributed by atoms with van der Waals surface area (Å²) >= 11 is 0. The Balaban J connectivity index is 1.17. The number of rotatable bonds is 6. The quantitative estimate of drug-likeness (QED) is 0.680. The first kappa shape index (κ1) is 19.5. The van der Waals surface area contributed by atoms with Gasteiger partial charge in [-0.2, -0.15) is 5.10 Å². The minimum Gasteiger partial charge on any atom is -0.307 e. The van der Waals surface area contributed by atoms with Crippen LogP contribution in [0, 0.1) is 0 Å². The Hall–Kier alpha value is -2.50. The van der Waals surface area contributed by atoms with Crippen molar-refractivity contribution in [3.05, 3.63) is 77.7 Å². The van der Waals surface area contributed by atoms with E-state index in [1.807, 2.05) is 29.1 Å². The predicted octanol–water partition coefficient (Wildman–Crippen LogP) is 3.94. The molecule has 1 aliphatic carbocycles. The highest BCUT2D eigenvalue weighted by molar-refractivity contribution is 5.32. The number of nitrogens with zero attached hydrogens (tertiary/aromatic N) is 4. The number of hydrogen-bond acceptors (Lipinski definition) is 4. The van der Waals surface area contributed by atoms with Crippen LogP contribution in [-0.2, 0) is 12.8 Å². The van der Waals surface area contributed by atoms with E-state index in [0.717, 1.165) is 18.7 Å². The molecule has 0 unspecified atom stereocenters. The summed E-state index contributed by atoms with van der Waals surface area (Å²) in [5.74, 6) is 0.922. The summed E-state index contributed by atoms with van der Waals surface area (Å²) in [4.78, 5) is 7.11. The zero-order valence-corrected chi connectivity index (χ0v) is 17.6. The third-order valence-corrected chi connectivity index (χ3v) is 6.63. The average Bonchev–Trinajstić information content (AvgIpc) is 3.25. The average molecular weight is 402 g/mol. The van der Waals surface area contributed by atoms with E-state index in [4.69, 9.17) is 0 Å². The summed E-state index contributed by atoms with van der Waals surface area (Å²) in [6.45, 7) is 3.55. The molecule has 0 radical (unpaired) electrons. The largest absolute Gasteiger partial charge is 0.307 e. The second-order valence-electron chi connectivity index (χ2n) is 8.61. The topological polar surface area (TPSA) is 46.0 Å². The van der Waals surface area contributed by atoms with Gasteiger partial charge in [0.1, 0.15) is 0 Å². The Bertz CT molecular complexity index is 929. The molecule has 3 aromatic rings. The molecule has 2 aliphatic rings. The lowest BCUT2D eigenvalue weighted by molar-refractivity contribution is 0.190. The van der Waals surface area contributed by atoms with E-state index < -0.39 is 0 Å². The molecular weight excluding hydrogens is 370 g/mol. The van der Waals surface area contributed by atoms with E-state index in [-0.39, 0.29) is 0 Å². The maximum absolute atomic E-state index is 4.68. The summed E-state index contributed by atoms with van der Waals surface area (Å²) in [5.41, 5.74) is 4.15. The lowest BCUT2D eigenvalue weighted by Gasteiger charge is -2.35. The van der Waals surface area contributed by atoms with E-state index in [2.05, 4.69) is 56.8 Å². The smallest absolute Gasteiger partial charge is 0.153 e. The number of fused-ring (bicyclic) bond motifs is 1. The fourth-order valence-corrected chi connectivity index (χ4v) is 4.95. The van der Waals surface area contributed by atoms with Gasteiger partial charge in [-0.15, -0.1) is 0 Å². The van der Waals surface area contributed by atoms with Crippen LogP contribution in [0.25, 0.3) is 5.82 Å². The molecule has 5 nitrogen and oxygen atoms in total. The Morgan fingerprint density at radius 3 is 2.60 bits per heavy atom. The van der Waals surface area contributed by atoms with Crippen molar-refractivity contribution in [3.63, 3.8) is 0 Å². The number of nitrogens with one attached hydrogen (secondary N) is 1. The van der Waals surface area contributed by atoms with E-state index in [1.165, 1.54) is 62.1 Å². The van der Waals surface area contributed by atoms with Gasteiger partial charge in [0, 0.05) is 30.4 Å². The minimum atomic E-state index is 0.423. The van der Waals surface area contributed by atoms with Gasteiger partial charge in [-0.05, 0) is 69.3 Å². The molecule has 1 N–H and O–H groups in total. The first-order chi connectivity index (χ1) is 14.9. The molecule has 1 saturated heterocycles. The molecule has 0 amide bonds. The second-order valence-corrected chi connectivity index (χ2v) is 8.61. The summed E-state index contributed by atoms with van der Waals surface area (Å²) < 4.78 is 2.04. The first-order valence-electron chi connectivity index (χ1n) is 11.4. The molecule has 0 saturated carbocycles. The van der Waals surface area contributed by atoms with Gasteiger partial charge in [0.2, 0.25) is 0 Å². The summed E-state index contributed by atoms with van der Waals surface area (Å²) in [7, 11) is 0. The monoisotopic (exact) mass is 401 g/mol. The van der Waals surface area contributed by atoms with Crippen LogP contribution >= 0.6 is 0 Å². The number of pyridine rings is 1. The maximum atomic E-state index is 4.68. The lowest BCUT2D eigenvalue weighted by Crippen LogP contribution is -2.44. The molecular formula is C25H31N5. The first-order valence-corrected chi connectivity index (χ1v) is 11.4. The summed E-state index contributed by atoms with van der Waals surface area (Å²) in [6, 6.07) is 17.9. The highest BCUT2D eigenvalue weighted by atomic mass is 15.3. The molecule has 156 valence electrons. The van der Waals surface area contributed by atoms with Crippen LogP contribution in [0.1, 0.15) is 48.5 Å². The van der Waals surface area contributed by atoms with E-state index in [0.29, 0.717) is 12.1 Å². The van der Waals surface area contributed by atoms with Gasteiger partial charge < -0.3 is 10.2 Å². The molecule has 0 spiro atoms. The molecule has 5 rings (SSSR count). The number of benzene rings is 1. The molecule has 3 heterocycles. The Morgan fingerprint density at radius 2 is 1.80 bits per heavy atom. The van der Waals surface area contributed by atoms with Crippen molar-refractivity contribution in [1.82, 2.24) is 25.0 Å². The van der Waals surface area contributed by atoms with Crippen LogP contribution in [0.2, 0.25) is 0 Å². The van der Waals surface area contributed by atoms with Crippen LogP contribution in [0.15, 0.2) is 60.9 Å². The lowest BCUT2D eigenvalue weighted by atomic mass is 9.91. The van der Waals surface area contributed by atoms with Gasteiger partial charge in [0.15, 0.2) is 5.82 Å². The number of aromatic nitrogens is 3. The third kappa shape index (κ3) is 4.32.